The normalized spacial score (nSPS) is 34.1. The fourth-order valence-corrected chi connectivity index (χ4v) is 5.51. The Labute approximate surface area is 169 Å². The van der Waals surface area contributed by atoms with Crippen LogP contribution in [0.2, 0.25) is 0 Å². The van der Waals surface area contributed by atoms with Crippen LogP contribution >= 0.6 is 0 Å². The summed E-state index contributed by atoms with van der Waals surface area (Å²) in [6, 6.07) is 18.5. The Bertz CT molecular complexity index is 992. The van der Waals surface area contributed by atoms with Gasteiger partial charge in [0.2, 0.25) is 11.8 Å². The predicted octanol–water partition coefficient (Wildman–Crippen LogP) is 2.12. The van der Waals surface area contributed by atoms with E-state index in [1.165, 1.54) is 11.9 Å². The molecule has 0 N–H and O–H groups in total. The van der Waals surface area contributed by atoms with Crippen molar-refractivity contribution < 1.29 is 19.1 Å². The number of hydrogen-bond acceptors (Lipinski definition) is 5. The van der Waals surface area contributed by atoms with Crippen molar-refractivity contribution in [3.05, 3.63) is 71.8 Å². The number of imide groups is 1. The zero-order chi connectivity index (χ0) is 20.3. The maximum absolute atomic E-state index is 13.2. The molecule has 3 fully saturated rings. The largest absolute Gasteiger partial charge is 0.462 e. The Balaban J connectivity index is 1.75. The van der Waals surface area contributed by atoms with Crippen LogP contribution in [0.4, 0.5) is 0 Å². The molecule has 0 unspecified atom stereocenters. The lowest BCUT2D eigenvalue weighted by Gasteiger charge is -2.47. The maximum Gasteiger partial charge on any atom is 0.324 e. The zero-order valence-electron chi connectivity index (χ0n) is 16.3. The Morgan fingerprint density at radius 3 is 2.21 bits per heavy atom. The topological polar surface area (TPSA) is 66.9 Å². The van der Waals surface area contributed by atoms with Crippen LogP contribution in [0.1, 0.15) is 24.1 Å². The Morgan fingerprint density at radius 1 is 0.931 bits per heavy atom. The lowest BCUT2D eigenvalue weighted by molar-refractivity contribution is -0.170. The molecule has 5 atom stereocenters. The van der Waals surface area contributed by atoms with Gasteiger partial charge in [0.15, 0.2) is 0 Å². The summed E-state index contributed by atoms with van der Waals surface area (Å²) in [5.74, 6) is -2.34. The molecule has 0 spiro atoms. The molecule has 6 heteroatoms. The average Bonchev–Trinajstić information content (AvgIpc) is 3.16. The van der Waals surface area contributed by atoms with Crippen LogP contribution in [0.15, 0.2) is 60.7 Å². The first-order valence-corrected chi connectivity index (χ1v) is 9.83. The standard InChI is InChI=1S/C23H22N2O4/c1-23(15-11-7-4-8-12-15)18-17(20(26)24(2)21(18)27)19-22(28)29-13-16(25(19)23)14-9-5-3-6-10-14/h3-12,16-19H,13H2,1-2H3/t16-,17+,18+,19+,23+/m1/s1. The van der Waals surface area contributed by atoms with Crippen molar-refractivity contribution in [1.29, 1.82) is 0 Å². The molecule has 3 aliphatic rings. The van der Waals surface area contributed by atoms with Crippen LogP contribution in [0.5, 0.6) is 0 Å². The molecule has 0 bridgehead atoms. The van der Waals surface area contributed by atoms with Crippen molar-refractivity contribution in [2.24, 2.45) is 11.8 Å². The fourth-order valence-electron chi connectivity index (χ4n) is 5.51. The summed E-state index contributed by atoms with van der Waals surface area (Å²) in [7, 11) is 1.50. The Hall–Kier alpha value is -2.99. The molecule has 0 aliphatic carbocycles. The molecule has 6 nitrogen and oxygen atoms in total. The lowest BCUT2D eigenvalue weighted by Crippen LogP contribution is -2.57. The molecule has 5 rings (SSSR count). The van der Waals surface area contributed by atoms with Crippen LogP contribution in [0.3, 0.4) is 0 Å². The molecule has 3 heterocycles. The minimum absolute atomic E-state index is 0.194. The number of carbonyl (C=O) groups excluding carboxylic acids is 3. The number of amides is 2. The van der Waals surface area contributed by atoms with Gasteiger partial charge >= 0.3 is 5.97 Å². The lowest BCUT2D eigenvalue weighted by atomic mass is 9.76. The first kappa shape index (κ1) is 18.1. The van der Waals surface area contributed by atoms with Crippen molar-refractivity contribution in [3.63, 3.8) is 0 Å². The summed E-state index contributed by atoms with van der Waals surface area (Å²) in [5.41, 5.74) is 1.11. The number of fused-ring (bicyclic) bond motifs is 3. The van der Waals surface area contributed by atoms with Crippen LogP contribution in [0, 0.1) is 11.8 Å². The van der Waals surface area contributed by atoms with Gasteiger partial charge in [0, 0.05) is 7.05 Å². The van der Waals surface area contributed by atoms with E-state index in [-0.39, 0.29) is 24.5 Å². The molecule has 29 heavy (non-hydrogen) atoms. The highest BCUT2D eigenvalue weighted by atomic mass is 16.5. The van der Waals surface area contributed by atoms with Crippen molar-refractivity contribution in [2.75, 3.05) is 13.7 Å². The van der Waals surface area contributed by atoms with Crippen molar-refractivity contribution in [3.8, 4) is 0 Å². The highest BCUT2D eigenvalue weighted by Crippen LogP contribution is 2.57. The highest BCUT2D eigenvalue weighted by molar-refractivity contribution is 6.08. The van der Waals surface area contributed by atoms with Gasteiger partial charge in [-0.1, -0.05) is 60.7 Å². The third-order valence-corrected chi connectivity index (χ3v) is 6.86. The summed E-state index contributed by atoms with van der Waals surface area (Å²) < 4.78 is 5.55. The Morgan fingerprint density at radius 2 is 1.55 bits per heavy atom. The van der Waals surface area contributed by atoms with Crippen LogP contribution in [-0.2, 0) is 24.7 Å². The number of carbonyl (C=O) groups is 3. The molecule has 2 aromatic carbocycles. The van der Waals surface area contributed by atoms with Gasteiger partial charge in [0.25, 0.3) is 0 Å². The van der Waals surface area contributed by atoms with Crippen LogP contribution in [0.25, 0.3) is 0 Å². The first-order chi connectivity index (χ1) is 14.0. The molecule has 3 aliphatic heterocycles. The van der Waals surface area contributed by atoms with Crippen molar-refractivity contribution in [1.82, 2.24) is 9.80 Å². The summed E-state index contributed by atoms with van der Waals surface area (Å²) in [6.07, 6.45) is 0. The van der Waals surface area contributed by atoms with Gasteiger partial charge in [-0.3, -0.25) is 24.2 Å². The number of benzene rings is 2. The number of rotatable bonds is 2. The van der Waals surface area contributed by atoms with E-state index < -0.39 is 29.4 Å². The van der Waals surface area contributed by atoms with Gasteiger partial charge in [-0.15, -0.1) is 0 Å². The number of hydrogen-bond donors (Lipinski definition) is 0. The van der Waals surface area contributed by atoms with Gasteiger partial charge in [0.1, 0.15) is 12.6 Å². The summed E-state index contributed by atoms with van der Waals surface area (Å²) >= 11 is 0. The van der Waals surface area contributed by atoms with E-state index in [0.29, 0.717) is 0 Å². The molecule has 148 valence electrons. The molecule has 2 amide bonds. The van der Waals surface area contributed by atoms with Gasteiger partial charge in [-0.25, -0.2) is 0 Å². The molecule has 0 aromatic heterocycles. The molecule has 0 radical (unpaired) electrons. The predicted molar refractivity (Wildman–Crippen MR) is 104 cm³/mol. The van der Waals surface area contributed by atoms with Gasteiger partial charge in [-0.2, -0.15) is 0 Å². The maximum atomic E-state index is 13.2. The highest BCUT2D eigenvalue weighted by Gasteiger charge is 2.71. The third-order valence-electron chi connectivity index (χ3n) is 6.86. The number of morpholine rings is 1. The third kappa shape index (κ3) is 2.29. The molecule has 2 aromatic rings. The number of esters is 1. The second kappa shape index (κ2) is 6.26. The molecular weight excluding hydrogens is 368 g/mol. The minimum Gasteiger partial charge on any atom is -0.462 e. The second-order valence-electron chi connectivity index (χ2n) is 8.16. The van der Waals surface area contributed by atoms with Gasteiger partial charge in [-0.05, 0) is 18.1 Å². The van der Waals surface area contributed by atoms with E-state index in [9.17, 15) is 14.4 Å². The number of nitrogens with zero attached hydrogens (tertiary/aromatic N) is 2. The quantitative estimate of drug-likeness (QED) is 0.580. The van der Waals surface area contributed by atoms with Crippen LogP contribution < -0.4 is 0 Å². The number of ether oxygens (including phenoxy) is 1. The smallest absolute Gasteiger partial charge is 0.324 e. The van der Waals surface area contributed by atoms with E-state index in [2.05, 4.69) is 4.90 Å². The van der Waals surface area contributed by atoms with E-state index >= 15 is 0 Å². The summed E-state index contributed by atoms with van der Waals surface area (Å²) in [4.78, 5) is 42.4. The molecular formula is C23H22N2O4. The van der Waals surface area contributed by atoms with Crippen LogP contribution in [-0.4, -0.2) is 47.3 Å². The van der Waals surface area contributed by atoms with E-state index in [1.54, 1.807) is 0 Å². The fraction of sp³-hybridized carbons (Fsp3) is 0.348. The average molecular weight is 390 g/mol. The van der Waals surface area contributed by atoms with E-state index in [4.69, 9.17) is 4.74 Å². The van der Waals surface area contributed by atoms with Gasteiger partial charge in [0.05, 0.1) is 23.4 Å². The monoisotopic (exact) mass is 390 g/mol. The first-order valence-electron chi connectivity index (χ1n) is 9.83. The minimum atomic E-state index is -0.811. The second-order valence-corrected chi connectivity index (χ2v) is 8.16. The molecule has 0 saturated carbocycles. The molecule has 3 saturated heterocycles. The van der Waals surface area contributed by atoms with Crippen molar-refractivity contribution >= 4 is 17.8 Å². The van der Waals surface area contributed by atoms with E-state index in [0.717, 1.165) is 11.1 Å². The van der Waals surface area contributed by atoms with Crippen molar-refractivity contribution in [2.45, 2.75) is 24.5 Å². The Kier molecular flexibility index (Phi) is 3.90. The van der Waals surface area contributed by atoms with Gasteiger partial charge < -0.3 is 4.74 Å². The van der Waals surface area contributed by atoms with E-state index in [1.807, 2.05) is 67.6 Å². The zero-order valence-corrected chi connectivity index (χ0v) is 16.3. The number of cyclic esters (lactones) is 1. The summed E-state index contributed by atoms with van der Waals surface area (Å²) in [5, 5.41) is 0. The summed E-state index contributed by atoms with van der Waals surface area (Å²) in [6.45, 7) is 2.18. The number of likely N-dealkylation sites (tertiary alicyclic amines) is 1. The SMILES string of the molecule is CN1C(=O)[C@@H]2[C@H]3C(=O)OC[C@H](c4ccccc4)N3[C@@](C)(c3ccccc3)[C@@H]2C1=O.